The molecule has 0 aliphatic carbocycles. The number of aliphatic hydroxyl groups is 1. The van der Waals surface area contributed by atoms with E-state index in [1.54, 1.807) is 17.0 Å². The first-order valence-electron chi connectivity index (χ1n) is 9.07. The first-order valence-corrected chi connectivity index (χ1v) is 9.07. The SMILES string of the molecule is C=CC(=O)NCc1ccc(C(=O)N2C[C@@H](Cc3ccccc3)[C@H](O)C2)cc1. The zero-order chi connectivity index (χ0) is 19.2. The van der Waals surface area contributed by atoms with Gasteiger partial charge < -0.3 is 15.3 Å². The molecule has 2 atom stereocenters. The summed E-state index contributed by atoms with van der Waals surface area (Å²) in [6, 6.07) is 17.2. The summed E-state index contributed by atoms with van der Waals surface area (Å²) in [7, 11) is 0. The highest BCUT2D eigenvalue weighted by Crippen LogP contribution is 2.23. The Kier molecular flexibility index (Phi) is 6.04. The van der Waals surface area contributed by atoms with Crippen LogP contribution in [0.3, 0.4) is 0 Å². The van der Waals surface area contributed by atoms with E-state index in [0.29, 0.717) is 25.2 Å². The molecule has 1 aliphatic heterocycles. The van der Waals surface area contributed by atoms with Gasteiger partial charge in [0, 0.05) is 31.1 Å². The van der Waals surface area contributed by atoms with E-state index in [1.165, 1.54) is 11.6 Å². The minimum Gasteiger partial charge on any atom is -0.391 e. The van der Waals surface area contributed by atoms with Crippen molar-refractivity contribution in [3.63, 3.8) is 0 Å². The molecule has 0 spiro atoms. The van der Waals surface area contributed by atoms with Crippen molar-refractivity contribution in [1.82, 2.24) is 10.2 Å². The number of nitrogens with one attached hydrogen (secondary N) is 1. The van der Waals surface area contributed by atoms with Gasteiger partial charge in [-0.3, -0.25) is 9.59 Å². The number of aliphatic hydroxyl groups excluding tert-OH is 1. The van der Waals surface area contributed by atoms with Crippen molar-refractivity contribution in [2.75, 3.05) is 13.1 Å². The molecule has 2 aromatic carbocycles. The van der Waals surface area contributed by atoms with Gasteiger partial charge in [0.1, 0.15) is 0 Å². The average Bonchev–Trinajstić information content (AvgIpc) is 3.07. The van der Waals surface area contributed by atoms with E-state index in [4.69, 9.17) is 0 Å². The van der Waals surface area contributed by atoms with Crippen molar-refractivity contribution in [2.24, 2.45) is 5.92 Å². The smallest absolute Gasteiger partial charge is 0.253 e. The molecule has 5 nitrogen and oxygen atoms in total. The van der Waals surface area contributed by atoms with Gasteiger partial charge in [0.15, 0.2) is 0 Å². The van der Waals surface area contributed by atoms with Gasteiger partial charge in [-0.25, -0.2) is 0 Å². The maximum atomic E-state index is 12.7. The summed E-state index contributed by atoms with van der Waals surface area (Å²) >= 11 is 0. The fraction of sp³-hybridized carbons (Fsp3) is 0.273. The Bertz CT molecular complexity index is 802. The number of likely N-dealkylation sites (tertiary alicyclic amines) is 1. The molecule has 140 valence electrons. The highest BCUT2D eigenvalue weighted by atomic mass is 16.3. The van der Waals surface area contributed by atoms with Gasteiger partial charge in [-0.1, -0.05) is 49.0 Å². The molecule has 0 aromatic heterocycles. The van der Waals surface area contributed by atoms with Gasteiger partial charge in [-0.05, 0) is 35.8 Å². The fourth-order valence-corrected chi connectivity index (χ4v) is 3.35. The van der Waals surface area contributed by atoms with Gasteiger partial charge >= 0.3 is 0 Å². The van der Waals surface area contributed by atoms with Gasteiger partial charge in [-0.2, -0.15) is 0 Å². The van der Waals surface area contributed by atoms with Crippen molar-refractivity contribution in [3.8, 4) is 0 Å². The van der Waals surface area contributed by atoms with Crippen molar-refractivity contribution in [2.45, 2.75) is 19.1 Å². The maximum Gasteiger partial charge on any atom is 0.253 e. The lowest BCUT2D eigenvalue weighted by atomic mass is 9.97. The monoisotopic (exact) mass is 364 g/mol. The molecule has 5 heteroatoms. The van der Waals surface area contributed by atoms with Crippen molar-refractivity contribution in [3.05, 3.63) is 83.9 Å². The largest absolute Gasteiger partial charge is 0.391 e. The third-order valence-corrected chi connectivity index (χ3v) is 4.89. The number of carbonyl (C=O) groups excluding carboxylic acids is 2. The van der Waals surface area contributed by atoms with E-state index >= 15 is 0 Å². The summed E-state index contributed by atoms with van der Waals surface area (Å²) in [5.74, 6) is -0.262. The van der Waals surface area contributed by atoms with E-state index < -0.39 is 6.10 Å². The molecular weight excluding hydrogens is 340 g/mol. The second kappa shape index (κ2) is 8.64. The van der Waals surface area contributed by atoms with Gasteiger partial charge in [0.05, 0.1) is 6.10 Å². The molecule has 0 bridgehead atoms. The topological polar surface area (TPSA) is 69.6 Å². The first kappa shape index (κ1) is 18.9. The highest BCUT2D eigenvalue weighted by Gasteiger charge is 2.34. The minimum absolute atomic E-state index is 0.0461. The van der Waals surface area contributed by atoms with Gasteiger partial charge in [0.2, 0.25) is 5.91 Å². The number of amides is 2. The molecule has 3 rings (SSSR count). The predicted octanol–water partition coefficient (Wildman–Crippen LogP) is 2.16. The summed E-state index contributed by atoms with van der Waals surface area (Å²) in [4.78, 5) is 25.7. The molecule has 0 saturated carbocycles. The number of rotatable bonds is 6. The van der Waals surface area contributed by atoms with Crippen LogP contribution in [0.4, 0.5) is 0 Å². The van der Waals surface area contributed by atoms with Crippen LogP contribution in [0.2, 0.25) is 0 Å². The maximum absolute atomic E-state index is 12.7. The van der Waals surface area contributed by atoms with Crippen LogP contribution >= 0.6 is 0 Å². The van der Waals surface area contributed by atoms with E-state index in [0.717, 1.165) is 12.0 Å². The molecule has 2 amide bonds. The lowest BCUT2D eigenvalue weighted by Gasteiger charge is -2.16. The average molecular weight is 364 g/mol. The van der Waals surface area contributed by atoms with Crippen LogP contribution in [0.15, 0.2) is 67.3 Å². The van der Waals surface area contributed by atoms with Crippen LogP contribution in [0, 0.1) is 5.92 Å². The van der Waals surface area contributed by atoms with Crippen LogP contribution in [0.25, 0.3) is 0 Å². The van der Waals surface area contributed by atoms with Crippen LogP contribution < -0.4 is 5.32 Å². The van der Waals surface area contributed by atoms with Crippen molar-refractivity contribution >= 4 is 11.8 Å². The Labute approximate surface area is 159 Å². The summed E-state index contributed by atoms with van der Waals surface area (Å²) in [6.07, 6.45) is 1.47. The Morgan fingerprint density at radius 1 is 1.07 bits per heavy atom. The van der Waals surface area contributed by atoms with E-state index in [-0.39, 0.29) is 17.7 Å². The molecule has 0 unspecified atom stereocenters. The van der Waals surface area contributed by atoms with Crippen LogP contribution in [0.5, 0.6) is 0 Å². The summed E-state index contributed by atoms with van der Waals surface area (Å²) in [5.41, 5.74) is 2.66. The summed E-state index contributed by atoms with van der Waals surface area (Å²) in [6.45, 7) is 4.70. The van der Waals surface area contributed by atoms with Crippen LogP contribution in [0.1, 0.15) is 21.5 Å². The highest BCUT2D eigenvalue weighted by molar-refractivity contribution is 5.94. The van der Waals surface area contributed by atoms with Crippen LogP contribution in [-0.2, 0) is 17.8 Å². The van der Waals surface area contributed by atoms with E-state index in [2.05, 4.69) is 11.9 Å². The third-order valence-electron chi connectivity index (χ3n) is 4.89. The molecule has 1 heterocycles. The van der Waals surface area contributed by atoms with Crippen LogP contribution in [-0.4, -0.2) is 41.0 Å². The summed E-state index contributed by atoms with van der Waals surface area (Å²) < 4.78 is 0. The predicted molar refractivity (Wildman–Crippen MR) is 104 cm³/mol. The third kappa shape index (κ3) is 4.83. The normalized spacial score (nSPS) is 18.9. The Morgan fingerprint density at radius 3 is 2.44 bits per heavy atom. The number of hydrogen-bond donors (Lipinski definition) is 2. The van der Waals surface area contributed by atoms with E-state index in [9.17, 15) is 14.7 Å². The second-order valence-corrected chi connectivity index (χ2v) is 6.85. The number of nitrogens with zero attached hydrogens (tertiary/aromatic N) is 1. The molecule has 1 saturated heterocycles. The molecule has 1 fully saturated rings. The number of carbonyl (C=O) groups is 2. The standard InChI is InChI=1S/C22H24N2O3/c1-2-21(26)23-13-17-8-10-18(11-9-17)22(27)24-14-19(20(25)15-24)12-16-6-4-3-5-7-16/h2-11,19-20,25H,1,12-15H2,(H,23,26)/t19-,20-/m1/s1. The second-order valence-electron chi connectivity index (χ2n) is 6.85. The molecule has 0 radical (unpaired) electrons. The van der Waals surface area contributed by atoms with Gasteiger partial charge in [-0.15, -0.1) is 0 Å². The number of benzene rings is 2. The van der Waals surface area contributed by atoms with Gasteiger partial charge in [0.25, 0.3) is 5.91 Å². The minimum atomic E-state index is -0.512. The van der Waals surface area contributed by atoms with E-state index in [1.807, 2.05) is 42.5 Å². The number of β-amino-alcohol motifs (C(OH)–C–C–N with tert-alkyl or cyclic N) is 1. The fourth-order valence-electron chi connectivity index (χ4n) is 3.35. The first-order chi connectivity index (χ1) is 13.1. The quantitative estimate of drug-likeness (QED) is 0.772. The molecule has 1 aliphatic rings. The van der Waals surface area contributed by atoms with Crippen molar-refractivity contribution in [1.29, 1.82) is 0 Å². The Morgan fingerprint density at radius 2 is 1.78 bits per heavy atom. The number of hydrogen-bond acceptors (Lipinski definition) is 3. The zero-order valence-electron chi connectivity index (χ0n) is 15.2. The zero-order valence-corrected chi connectivity index (χ0v) is 15.2. The molecule has 27 heavy (non-hydrogen) atoms. The molecule has 2 aromatic rings. The lowest BCUT2D eigenvalue weighted by molar-refractivity contribution is -0.116. The lowest BCUT2D eigenvalue weighted by Crippen LogP contribution is -2.29. The molecular formula is C22H24N2O3. The van der Waals surface area contributed by atoms with Crippen molar-refractivity contribution < 1.29 is 14.7 Å². The molecule has 2 N–H and O–H groups in total. The Hall–Kier alpha value is -2.92. The summed E-state index contributed by atoms with van der Waals surface area (Å²) in [5, 5.41) is 13.1. The Balaban J connectivity index is 1.59.